The number of carbonyl (C=O) groups is 1. The first-order chi connectivity index (χ1) is 14.7. The Bertz CT molecular complexity index is 766. The fourth-order valence-corrected chi connectivity index (χ4v) is 6.67. The van der Waals surface area contributed by atoms with Gasteiger partial charge in [-0.05, 0) is 25.5 Å². The number of carbonyl (C=O) groups excluding carboxylic acids is 1. The molecular weight excluding hydrogens is 420 g/mol. The molecule has 1 atom stereocenters. The Morgan fingerprint density at radius 1 is 1.19 bits per heavy atom. The van der Waals surface area contributed by atoms with Gasteiger partial charge in [-0.25, -0.2) is 0 Å². The number of benzene rings is 1. The molecule has 1 aromatic carbocycles. The summed E-state index contributed by atoms with van der Waals surface area (Å²) in [5.41, 5.74) is 0.105. The van der Waals surface area contributed by atoms with Crippen molar-refractivity contribution >= 4 is 19.9 Å². The van der Waals surface area contributed by atoms with Crippen LogP contribution in [0.5, 0.6) is 11.5 Å². The molecule has 1 fully saturated rings. The normalized spacial score (nSPS) is 15.9. The molecule has 0 saturated carbocycles. The van der Waals surface area contributed by atoms with Gasteiger partial charge >= 0.3 is 5.97 Å². The van der Waals surface area contributed by atoms with Crippen molar-refractivity contribution in [3.8, 4) is 11.5 Å². The van der Waals surface area contributed by atoms with Crippen LogP contribution in [0.25, 0.3) is 0 Å². The van der Waals surface area contributed by atoms with E-state index in [9.17, 15) is 14.9 Å². The standard InChI is InChI=1S/C21H34N2O7Si/c1-16(17-14-19(27-2)20(28-3)15-18(17)23(25)26)30-21(24)8-6-7-13-31(4,5)22-9-11-29-12-10-22/h14-16H,6-13H2,1-5H3. The Morgan fingerprint density at radius 2 is 1.81 bits per heavy atom. The van der Waals surface area contributed by atoms with Gasteiger partial charge in [0.05, 0.1) is 44.0 Å². The topological polar surface area (TPSA) is 100 Å². The molecule has 9 nitrogen and oxygen atoms in total. The van der Waals surface area contributed by atoms with Gasteiger partial charge in [-0.3, -0.25) is 14.9 Å². The van der Waals surface area contributed by atoms with Gasteiger partial charge in [0, 0.05) is 19.5 Å². The highest BCUT2D eigenvalue weighted by molar-refractivity contribution is 6.74. The molecule has 0 radical (unpaired) electrons. The first-order valence-corrected chi connectivity index (χ1v) is 13.8. The zero-order chi connectivity index (χ0) is 23.0. The monoisotopic (exact) mass is 454 g/mol. The summed E-state index contributed by atoms with van der Waals surface area (Å²) in [5, 5.41) is 11.5. The Labute approximate surface area is 184 Å². The number of ether oxygens (including phenoxy) is 4. The average Bonchev–Trinajstić information content (AvgIpc) is 2.76. The van der Waals surface area contributed by atoms with Gasteiger partial charge in [-0.15, -0.1) is 0 Å². The van der Waals surface area contributed by atoms with Crippen LogP contribution < -0.4 is 9.47 Å². The van der Waals surface area contributed by atoms with E-state index in [1.54, 1.807) is 6.92 Å². The van der Waals surface area contributed by atoms with E-state index in [4.69, 9.17) is 18.9 Å². The number of nitro benzene ring substituents is 1. The smallest absolute Gasteiger partial charge is 0.306 e. The molecule has 0 N–H and O–H groups in total. The summed E-state index contributed by atoms with van der Waals surface area (Å²) in [6.07, 6.45) is 1.21. The van der Waals surface area contributed by atoms with E-state index >= 15 is 0 Å². The third-order valence-corrected chi connectivity index (χ3v) is 9.50. The molecule has 1 aliphatic rings. The molecule has 31 heavy (non-hydrogen) atoms. The second-order valence-electron chi connectivity index (χ2n) is 8.27. The predicted molar refractivity (Wildman–Crippen MR) is 119 cm³/mol. The number of nitrogens with zero attached hydrogens (tertiary/aromatic N) is 2. The van der Waals surface area contributed by atoms with Crippen molar-refractivity contribution in [1.29, 1.82) is 0 Å². The number of hydrogen-bond donors (Lipinski definition) is 0. The maximum absolute atomic E-state index is 12.3. The summed E-state index contributed by atoms with van der Waals surface area (Å²) in [6.45, 7) is 9.90. The lowest BCUT2D eigenvalue weighted by Crippen LogP contribution is -2.53. The van der Waals surface area contributed by atoms with Crippen LogP contribution in [-0.4, -0.2) is 64.2 Å². The Kier molecular flexibility index (Phi) is 9.26. The summed E-state index contributed by atoms with van der Waals surface area (Å²) in [5.74, 6) is 0.243. The molecule has 0 aromatic heterocycles. The minimum atomic E-state index is -1.50. The van der Waals surface area contributed by atoms with Crippen molar-refractivity contribution in [2.75, 3.05) is 40.5 Å². The fourth-order valence-electron chi connectivity index (χ4n) is 3.84. The Balaban J connectivity index is 1.90. The number of unbranched alkanes of at least 4 members (excludes halogenated alkanes) is 1. The van der Waals surface area contributed by atoms with Crippen LogP contribution in [0.15, 0.2) is 12.1 Å². The zero-order valence-corrected chi connectivity index (χ0v) is 20.1. The van der Waals surface area contributed by atoms with Gasteiger partial charge in [-0.1, -0.05) is 19.5 Å². The molecule has 2 rings (SSSR count). The fraction of sp³-hybridized carbons (Fsp3) is 0.667. The van der Waals surface area contributed by atoms with Crippen molar-refractivity contribution in [2.24, 2.45) is 0 Å². The first kappa shape index (κ1) is 25.1. The van der Waals surface area contributed by atoms with Crippen LogP contribution >= 0.6 is 0 Å². The van der Waals surface area contributed by atoms with E-state index in [1.165, 1.54) is 26.4 Å². The van der Waals surface area contributed by atoms with Gasteiger partial charge in [-0.2, -0.15) is 0 Å². The van der Waals surface area contributed by atoms with Crippen LogP contribution in [-0.2, 0) is 14.3 Å². The van der Waals surface area contributed by atoms with Gasteiger partial charge in [0.1, 0.15) is 14.3 Å². The van der Waals surface area contributed by atoms with Gasteiger partial charge in [0.15, 0.2) is 11.5 Å². The second-order valence-corrected chi connectivity index (χ2v) is 13.0. The SMILES string of the molecule is COc1cc(C(C)OC(=O)CCCC[Si](C)(C)N2CCOCC2)c([N+](=O)[O-])cc1OC. The van der Waals surface area contributed by atoms with Crippen molar-refractivity contribution in [1.82, 2.24) is 4.57 Å². The summed E-state index contributed by atoms with van der Waals surface area (Å²) in [6, 6.07) is 3.89. The average molecular weight is 455 g/mol. The second kappa shape index (κ2) is 11.4. The van der Waals surface area contributed by atoms with E-state index in [0.717, 1.165) is 45.2 Å². The van der Waals surface area contributed by atoms with Gasteiger partial charge < -0.3 is 23.5 Å². The maximum Gasteiger partial charge on any atom is 0.306 e. The summed E-state index contributed by atoms with van der Waals surface area (Å²) in [4.78, 5) is 23.3. The first-order valence-electron chi connectivity index (χ1n) is 10.6. The number of morpholine rings is 1. The van der Waals surface area contributed by atoms with E-state index < -0.39 is 19.3 Å². The van der Waals surface area contributed by atoms with E-state index in [0.29, 0.717) is 12.2 Å². The highest BCUT2D eigenvalue weighted by atomic mass is 28.3. The van der Waals surface area contributed by atoms with Crippen LogP contribution in [0.2, 0.25) is 19.1 Å². The molecule has 1 heterocycles. The molecule has 1 saturated heterocycles. The van der Waals surface area contributed by atoms with Crippen molar-refractivity contribution in [3.63, 3.8) is 0 Å². The number of methoxy groups -OCH3 is 2. The Hall–Kier alpha value is -2.17. The molecule has 0 bridgehead atoms. The maximum atomic E-state index is 12.3. The largest absolute Gasteiger partial charge is 0.493 e. The predicted octanol–water partition coefficient (Wildman–Crippen LogP) is 3.92. The number of nitro groups is 1. The highest BCUT2D eigenvalue weighted by Gasteiger charge is 2.30. The van der Waals surface area contributed by atoms with Crippen molar-refractivity contribution in [3.05, 3.63) is 27.8 Å². The molecule has 0 amide bonds. The number of rotatable bonds is 11. The molecule has 1 aromatic rings. The molecule has 10 heteroatoms. The highest BCUT2D eigenvalue weighted by Crippen LogP contribution is 2.38. The minimum absolute atomic E-state index is 0.170. The summed E-state index contributed by atoms with van der Waals surface area (Å²) >= 11 is 0. The van der Waals surface area contributed by atoms with E-state index in [2.05, 4.69) is 17.7 Å². The number of hydrogen-bond acceptors (Lipinski definition) is 8. The van der Waals surface area contributed by atoms with E-state index in [1.807, 2.05) is 0 Å². The third-order valence-electron chi connectivity index (χ3n) is 5.76. The lowest BCUT2D eigenvalue weighted by Gasteiger charge is -2.39. The van der Waals surface area contributed by atoms with Gasteiger partial charge in [0.2, 0.25) is 0 Å². The lowest BCUT2D eigenvalue weighted by molar-refractivity contribution is -0.386. The molecule has 1 unspecified atom stereocenters. The van der Waals surface area contributed by atoms with Crippen LogP contribution in [0.3, 0.4) is 0 Å². The van der Waals surface area contributed by atoms with Crippen LogP contribution in [0.4, 0.5) is 5.69 Å². The number of esters is 1. The van der Waals surface area contributed by atoms with Gasteiger partial charge in [0.25, 0.3) is 5.69 Å². The summed E-state index contributed by atoms with van der Waals surface area (Å²) < 4.78 is 23.9. The van der Waals surface area contributed by atoms with Crippen molar-refractivity contribution in [2.45, 2.75) is 51.4 Å². The Morgan fingerprint density at radius 3 is 2.39 bits per heavy atom. The zero-order valence-electron chi connectivity index (χ0n) is 19.1. The third kappa shape index (κ3) is 6.91. The van der Waals surface area contributed by atoms with Crippen LogP contribution in [0, 0.1) is 10.1 Å². The van der Waals surface area contributed by atoms with E-state index in [-0.39, 0.29) is 23.0 Å². The minimum Gasteiger partial charge on any atom is -0.493 e. The van der Waals surface area contributed by atoms with Crippen molar-refractivity contribution < 1.29 is 28.7 Å². The summed E-state index contributed by atoms with van der Waals surface area (Å²) in [7, 11) is 1.36. The molecule has 0 spiro atoms. The molecular formula is C21H34N2O7Si. The molecule has 174 valence electrons. The molecule has 1 aliphatic heterocycles. The quantitative estimate of drug-likeness (QED) is 0.163. The lowest BCUT2D eigenvalue weighted by atomic mass is 10.1. The van der Waals surface area contributed by atoms with Crippen LogP contribution in [0.1, 0.15) is 37.9 Å². The molecule has 0 aliphatic carbocycles.